The van der Waals surface area contributed by atoms with E-state index in [-0.39, 0.29) is 5.91 Å². The first-order valence-electron chi connectivity index (χ1n) is 11.7. The third-order valence-corrected chi connectivity index (χ3v) is 6.83. The van der Waals surface area contributed by atoms with Gasteiger partial charge in [0.15, 0.2) is 5.13 Å². The molecule has 186 valence electrons. The molecule has 36 heavy (non-hydrogen) atoms. The van der Waals surface area contributed by atoms with Crippen LogP contribution in [0.4, 0.5) is 22.5 Å². The highest BCUT2D eigenvalue weighted by Crippen LogP contribution is 2.30. The predicted octanol–water partition coefficient (Wildman–Crippen LogP) is 3.29. The van der Waals surface area contributed by atoms with Crippen LogP contribution in [0.2, 0.25) is 0 Å². The molecule has 1 aliphatic rings. The summed E-state index contributed by atoms with van der Waals surface area (Å²) in [6.07, 6.45) is 1.83. The number of carbonyl (C=O) groups excluding carboxylic acids is 1. The lowest BCUT2D eigenvalue weighted by molar-refractivity contribution is 0.0537. The molecule has 11 heteroatoms. The number of hydrogen-bond donors (Lipinski definition) is 3. The van der Waals surface area contributed by atoms with Gasteiger partial charge in [-0.05, 0) is 48.0 Å². The van der Waals surface area contributed by atoms with E-state index in [0.717, 1.165) is 65.5 Å². The van der Waals surface area contributed by atoms with Crippen molar-refractivity contribution in [3.8, 4) is 0 Å². The standard InChI is InChI=1S/C25H28N8O2S/c1-32(19-5-3-4-18(15-19)23(34)31-35-2)22-7-6-20-24(30-22)36-25(28-20)29-21-14-17(8-9-27-21)16-33-12-10-26-11-13-33/h3-9,14-15,26H,10-13,16H2,1-2H3,(H,31,34)(H,27,28,29). The van der Waals surface area contributed by atoms with Crippen LogP contribution in [-0.4, -0.2) is 66.1 Å². The van der Waals surface area contributed by atoms with Gasteiger partial charge in [0.05, 0.1) is 7.11 Å². The zero-order chi connectivity index (χ0) is 24.9. The van der Waals surface area contributed by atoms with Gasteiger partial charge in [-0.1, -0.05) is 17.4 Å². The maximum atomic E-state index is 12.1. The fourth-order valence-corrected chi connectivity index (χ4v) is 4.91. The highest BCUT2D eigenvalue weighted by molar-refractivity contribution is 7.21. The van der Waals surface area contributed by atoms with Gasteiger partial charge >= 0.3 is 0 Å². The number of piperazine rings is 1. The zero-order valence-corrected chi connectivity index (χ0v) is 21.0. The minimum Gasteiger partial charge on any atom is -0.329 e. The molecule has 0 atom stereocenters. The molecule has 10 nitrogen and oxygen atoms in total. The maximum absolute atomic E-state index is 12.1. The molecule has 5 rings (SSSR count). The summed E-state index contributed by atoms with van der Waals surface area (Å²) in [6, 6.07) is 15.3. The molecule has 0 bridgehead atoms. The quantitative estimate of drug-likeness (QED) is 0.312. The van der Waals surface area contributed by atoms with E-state index in [4.69, 9.17) is 9.82 Å². The van der Waals surface area contributed by atoms with E-state index >= 15 is 0 Å². The lowest BCUT2D eigenvalue weighted by atomic mass is 10.2. The van der Waals surface area contributed by atoms with Gasteiger partial charge in [0.2, 0.25) is 0 Å². The average molecular weight is 505 g/mol. The normalized spacial score (nSPS) is 14.1. The summed E-state index contributed by atoms with van der Waals surface area (Å²) in [7, 11) is 3.32. The number of hydrogen-bond acceptors (Lipinski definition) is 10. The smallest absolute Gasteiger partial charge is 0.274 e. The number of amides is 1. The van der Waals surface area contributed by atoms with Crippen molar-refractivity contribution in [2.75, 3.05) is 50.6 Å². The Morgan fingerprint density at radius 2 is 2.03 bits per heavy atom. The Labute approximate surface area is 213 Å². The van der Waals surface area contributed by atoms with Crippen molar-refractivity contribution in [2.45, 2.75) is 6.54 Å². The number of nitrogens with one attached hydrogen (secondary N) is 3. The number of fused-ring (bicyclic) bond motifs is 1. The second-order valence-electron chi connectivity index (χ2n) is 8.46. The van der Waals surface area contributed by atoms with Gasteiger partial charge in [0.1, 0.15) is 22.0 Å². The van der Waals surface area contributed by atoms with Crippen LogP contribution in [-0.2, 0) is 11.4 Å². The monoisotopic (exact) mass is 504 g/mol. The van der Waals surface area contributed by atoms with Crippen molar-refractivity contribution < 1.29 is 9.63 Å². The lowest BCUT2D eigenvalue weighted by Gasteiger charge is -2.27. The first-order chi connectivity index (χ1) is 17.6. The summed E-state index contributed by atoms with van der Waals surface area (Å²) in [5.74, 6) is 1.21. The third kappa shape index (κ3) is 5.60. The SMILES string of the molecule is CONC(=O)c1cccc(N(C)c2ccc3nc(Nc4cc(CN5CCNCC5)ccn4)sc3n2)c1. The molecule has 0 radical (unpaired) electrons. The Kier molecular flexibility index (Phi) is 7.33. The summed E-state index contributed by atoms with van der Waals surface area (Å²) in [5, 5.41) is 7.46. The molecular weight excluding hydrogens is 476 g/mol. The minimum atomic E-state index is -0.306. The summed E-state index contributed by atoms with van der Waals surface area (Å²) >= 11 is 1.48. The number of rotatable bonds is 8. The van der Waals surface area contributed by atoms with E-state index in [1.807, 2.05) is 42.4 Å². The number of nitrogens with zero attached hydrogens (tertiary/aromatic N) is 5. The molecule has 3 N–H and O–H groups in total. The molecule has 4 heterocycles. The molecule has 1 aliphatic heterocycles. The van der Waals surface area contributed by atoms with Crippen LogP contribution < -0.4 is 21.0 Å². The Hall–Kier alpha value is -3.64. The van der Waals surface area contributed by atoms with Crippen LogP contribution in [0.1, 0.15) is 15.9 Å². The Bertz CT molecular complexity index is 1350. The van der Waals surface area contributed by atoms with Crippen LogP contribution >= 0.6 is 11.3 Å². The summed E-state index contributed by atoms with van der Waals surface area (Å²) in [4.78, 5) is 36.0. The van der Waals surface area contributed by atoms with E-state index in [1.165, 1.54) is 24.0 Å². The molecule has 3 aromatic heterocycles. The number of benzene rings is 1. The molecule has 4 aromatic rings. The van der Waals surface area contributed by atoms with Crippen LogP contribution in [0.5, 0.6) is 0 Å². The summed E-state index contributed by atoms with van der Waals surface area (Å²) in [6.45, 7) is 5.07. The van der Waals surface area contributed by atoms with E-state index in [2.05, 4.69) is 43.1 Å². The number of carbonyl (C=O) groups is 1. The van der Waals surface area contributed by atoms with E-state index < -0.39 is 0 Å². The van der Waals surface area contributed by atoms with E-state index in [0.29, 0.717) is 5.56 Å². The second kappa shape index (κ2) is 11.0. The van der Waals surface area contributed by atoms with Crippen LogP contribution in [0.15, 0.2) is 54.7 Å². The highest BCUT2D eigenvalue weighted by atomic mass is 32.1. The molecule has 0 aliphatic carbocycles. The van der Waals surface area contributed by atoms with Gasteiger partial charge in [-0.2, -0.15) is 0 Å². The van der Waals surface area contributed by atoms with Crippen LogP contribution in [0.3, 0.4) is 0 Å². The largest absolute Gasteiger partial charge is 0.329 e. The number of thiazole rings is 1. The first-order valence-corrected chi connectivity index (χ1v) is 12.5. The number of pyridine rings is 2. The average Bonchev–Trinajstić information content (AvgIpc) is 3.30. The van der Waals surface area contributed by atoms with Gasteiger partial charge < -0.3 is 15.5 Å². The summed E-state index contributed by atoms with van der Waals surface area (Å²) in [5.41, 5.74) is 5.70. The molecule has 0 spiro atoms. The maximum Gasteiger partial charge on any atom is 0.274 e. The number of aromatic nitrogens is 3. The molecule has 0 unspecified atom stereocenters. The lowest BCUT2D eigenvalue weighted by Crippen LogP contribution is -2.42. The first kappa shape index (κ1) is 24.1. The second-order valence-corrected chi connectivity index (χ2v) is 9.44. The van der Waals surface area contributed by atoms with Crippen molar-refractivity contribution in [3.63, 3.8) is 0 Å². The molecule has 0 saturated carbocycles. The van der Waals surface area contributed by atoms with Crippen molar-refractivity contribution >= 4 is 50.0 Å². The predicted molar refractivity (Wildman–Crippen MR) is 142 cm³/mol. The highest BCUT2D eigenvalue weighted by Gasteiger charge is 2.14. The fourth-order valence-electron chi connectivity index (χ4n) is 4.07. The van der Waals surface area contributed by atoms with Crippen molar-refractivity contribution in [3.05, 3.63) is 65.9 Å². The Balaban J connectivity index is 1.31. The van der Waals surface area contributed by atoms with Crippen LogP contribution in [0, 0.1) is 0 Å². The molecule has 1 fully saturated rings. The third-order valence-electron chi connectivity index (χ3n) is 5.95. The number of anilines is 4. The molecular formula is C25H28N8O2S. The van der Waals surface area contributed by atoms with Crippen molar-refractivity contribution in [2.24, 2.45) is 0 Å². The zero-order valence-electron chi connectivity index (χ0n) is 20.2. The van der Waals surface area contributed by atoms with Gasteiger partial charge in [-0.25, -0.2) is 20.4 Å². The topological polar surface area (TPSA) is 108 Å². The van der Waals surface area contributed by atoms with Gasteiger partial charge in [0, 0.05) is 57.2 Å². The minimum absolute atomic E-state index is 0.306. The van der Waals surface area contributed by atoms with Gasteiger partial charge in [-0.3, -0.25) is 14.5 Å². The van der Waals surface area contributed by atoms with Gasteiger partial charge in [0.25, 0.3) is 5.91 Å². The van der Waals surface area contributed by atoms with Gasteiger partial charge in [-0.15, -0.1) is 0 Å². The molecule has 1 saturated heterocycles. The van der Waals surface area contributed by atoms with Crippen molar-refractivity contribution in [1.82, 2.24) is 30.6 Å². The Morgan fingerprint density at radius 3 is 2.86 bits per heavy atom. The van der Waals surface area contributed by atoms with E-state index in [1.54, 1.807) is 12.1 Å². The van der Waals surface area contributed by atoms with Crippen LogP contribution in [0.25, 0.3) is 10.3 Å². The van der Waals surface area contributed by atoms with Crippen molar-refractivity contribution in [1.29, 1.82) is 0 Å². The fraction of sp³-hybridized carbons (Fsp3) is 0.280. The Morgan fingerprint density at radius 1 is 1.17 bits per heavy atom. The molecule has 1 aromatic carbocycles. The number of hydroxylamine groups is 1. The van der Waals surface area contributed by atoms with E-state index in [9.17, 15) is 4.79 Å². The molecule has 1 amide bonds. The summed E-state index contributed by atoms with van der Waals surface area (Å²) < 4.78 is 0.